The summed E-state index contributed by atoms with van der Waals surface area (Å²) in [5.74, 6) is 0. The molecular weight excluding hydrogens is 1060 g/mol. The van der Waals surface area contributed by atoms with E-state index in [2.05, 4.69) is 367 Å². The zero-order chi connectivity index (χ0) is 58.6. The monoisotopic (exact) mass is 1120 g/mol. The molecule has 0 heterocycles. The second kappa shape index (κ2) is 23.7. The fourth-order valence-electron chi connectivity index (χ4n) is 12.4. The Bertz CT molecular complexity index is 4440. The summed E-state index contributed by atoms with van der Waals surface area (Å²) in [6, 6.07) is 124. The van der Waals surface area contributed by atoms with Crippen LogP contribution in [0, 0.1) is 0 Å². The third-order valence-electron chi connectivity index (χ3n) is 16.9. The van der Waals surface area contributed by atoms with E-state index in [1.165, 1.54) is 65.7 Å². The van der Waals surface area contributed by atoms with E-state index in [-0.39, 0.29) is 0 Å². The molecule has 0 bridgehead atoms. The first-order valence-corrected chi connectivity index (χ1v) is 30.0. The molecule has 88 heavy (non-hydrogen) atoms. The molecule has 0 spiro atoms. The predicted octanol–water partition coefficient (Wildman–Crippen LogP) is 23.8. The van der Waals surface area contributed by atoms with Crippen molar-refractivity contribution in [3.05, 3.63) is 346 Å². The highest BCUT2D eigenvalue weighted by atomic mass is 15.1. The Morgan fingerprint density at radius 2 is 0.386 bits per heavy atom. The van der Waals surface area contributed by atoms with Crippen LogP contribution in [-0.4, -0.2) is 0 Å². The van der Waals surface area contributed by atoms with Crippen LogP contribution in [0.25, 0.3) is 99.1 Å². The van der Waals surface area contributed by atoms with Crippen LogP contribution in [-0.2, 0) is 0 Å². The molecule has 0 aliphatic heterocycles. The molecule has 4 nitrogen and oxygen atoms in total. The van der Waals surface area contributed by atoms with Crippen molar-refractivity contribution in [3.8, 4) is 66.8 Å². The quantitative estimate of drug-likeness (QED) is 0.0957. The lowest BCUT2D eigenvalue weighted by molar-refractivity contribution is 1.28. The standard InChI is InChI=1S/C84H60N4/c1-4-22-73-64(16-1)19-13-28-76(73)79-25-7-10-31-82(79)85-67-46-34-58(35-47-67)61-40-52-70(53-41-61)88(71-54-42-62(43-55-71)59-36-48-68(49-37-59)86-83-32-11-8-26-80(83)77-29-14-20-65-17-2-5-23-74(65)77)72-56-44-63(45-57-72)60-38-50-69(51-39-60)87-84-33-12-9-27-81(84)78-30-15-21-66-18-3-6-24-75(66)78/h1-57,85-87H. The summed E-state index contributed by atoms with van der Waals surface area (Å²) in [4.78, 5) is 2.35. The Morgan fingerprint density at radius 3 is 0.670 bits per heavy atom. The van der Waals surface area contributed by atoms with Gasteiger partial charge < -0.3 is 20.9 Å². The van der Waals surface area contributed by atoms with Gasteiger partial charge in [-0.1, -0.05) is 255 Å². The highest BCUT2D eigenvalue weighted by Crippen LogP contribution is 2.42. The molecule has 15 aromatic rings. The maximum atomic E-state index is 3.74. The summed E-state index contributed by atoms with van der Waals surface area (Å²) in [7, 11) is 0. The van der Waals surface area contributed by atoms with Crippen molar-refractivity contribution in [2.45, 2.75) is 0 Å². The topological polar surface area (TPSA) is 39.3 Å². The van der Waals surface area contributed by atoms with E-state index >= 15 is 0 Å². The second-order valence-corrected chi connectivity index (χ2v) is 22.3. The number of rotatable bonds is 15. The molecule has 0 atom stereocenters. The first-order valence-electron chi connectivity index (χ1n) is 30.0. The molecule has 3 N–H and O–H groups in total. The fraction of sp³-hybridized carbons (Fsp3) is 0. The van der Waals surface area contributed by atoms with Gasteiger partial charge in [-0.05, 0) is 173 Å². The van der Waals surface area contributed by atoms with Crippen LogP contribution in [0.2, 0.25) is 0 Å². The molecule has 0 aliphatic carbocycles. The summed E-state index contributed by atoms with van der Waals surface area (Å²) in [6.07, 6.45) is 0. The minimum atomic E-state index is 1.03. The average Bonchev–Trinajstić information content (AvgIpc) is 2.70. The average molecular weight is 1130 g/mol. The van der Waals surface area contributed by atoms with E-state index in [4.69, 9.17) is 0 Å². The van der Waals surface area contributed by atoms with Gasteiger partial charge in [0.2, 0.25) is 0 Å². The highest BCUT2D eigenvalue weighted by molar-refractivity contribution is 6.03. The Labute approximate surface area is 514 Å². The van der Waals surface area contributed by atoms with Crippen molar-refractivity contribution in [3.63, 3.8) is 0 Å². The summed E-state index contributed by atoms with van der Waals surface area (Å²) in [5.41, 5.74) is 23.5. The number of nitrogens with zero attached hydrogens (tertiary/aromatic N) is 1. The van der Waals surface area contributed by atoms with E-state index < -0.39 is 0 Å². The number of anilines is 9. The number of nitrogens with one attached hydrogen (secondary N) is 3. The lowest BCUT2D eigenvalue weighted by Gasteiger charge is -2.26. The molecule has 0 fully saturated rings. The molecule has 416 valence electrons. The second-order valence-electron chi connectivity index (χ2n) is 22.3. The van der Waals surface area contributed by atoms with Gasteiger partial charge in [-0.25, -0.2) is 0 Å². The zero-order valence-corrected chi connectivity index (χ0v) is 48.4. The molecular formula is C84H60N4. The lowest BCUT2D eigenvalue weighted by atomic mass is 9.97. The van der Waals surface area contributed by atoms with Crippen LogP contribution in [0.4, 0.5) is 51.2 Å². The maximum absolute atomic E-state index is 3.74. The first-order chi connectivity index (χ1) is 43.6. The predicted molar refractivity (Wildman–Crippen MR) is 375 cm³/mol. The van der Waals surface area contributed by atoms with Crippen LogP contribution in [0.3, 0.4) is 0 Å². The van der Waals surface area contributed by atoms with E-state index in [0.717, 1.165) is 84.6 Å². The van der Waals surface area contributed by atoms with Crippen LogP contribution in [0.15, 0.2) is 346 Å². The van der Waals surface area contributed by atoms with Crippen LogP contribution in [0.5, 0.6) is 0 Å². The normalized spacial score (nSPS) is 11.2. The smallest absolute Gasteiger partial charge is 0.0464 e. The summed E-state index contributed by atoms with van der Waals surface area (Å²) in [5, 5.41) is 18.6. The Morgan fingerprint density at radius 1 is 0.170 bits per heavy atom. The van der Waals surface area contributed by atoms with Crippen molar-refractivity contribution < 1.29 is 0 Å². The highest BCUT2D eigenvalue weighted by Gasteiger charge is 2.17. The molecule has 0 radical (unpaired) electrons. The Kier molecular flexibility index (Phi) is 14.3. The first kappa shape index (κ1) is 53.0. The van der Waals surface area contributed by atoms with Crippen molar-refractivity contribution in [1.82, 2.24) is 0 Å². The Hall–Kier alpha value is -11.7. The van der Waals surface area contributed by atoms with Crippen molar-refractivity contribution >= 4 is 83.5 Å². The number of benzene rings is 15. The number of hydrogen-bond acceptors (Lipinski definition) is 4. The van der Waals surface area contributed by atoms with Gasteiger partial charge in [-0.2, -0.15) is 0 Å². The van der Waals surface area contributed by atoms with E-state index in [9.17, 15) is 0 Å². The molecule has 0 amide bonds. The molecule has 0 saturated carbocycles. The van der Waals surface area contributed by atoms with Gasteiger partial charge in [-0.3, -0.25) is 0 Å². The van der Waals surface area contributed by atoms with Gasteiger partial charge in [0.25, 0.3) is 0 Å². The van der Waals surface area contributed by atoms with Gasteiger partial charge in [-0.15, -0.1) is 0 Å². The molecule has 0 aliphatic rings. The van der Waals surface area contributed by atoms with Gasteiger partial charge in [0.1, 0.15) is 0 Å². The molecule has 0 aromatic heterocycles. The minimum Gasteiger partial charge on any atom is -0.355 e. The summed E-state index contributed by atoms with van der Waals surface area (Å²) < 4.78 is 0. The van der Waals surface area contributed by atoms with Gasteiger partial charge in [0.05, 0.1) is 0 Å². The summed E-state index contributed by atoms with van der Waals surface area (Å²) >= 11 is 0. The van der Waals surface area contributed by atoms with Crippen LogP contribution in [0.1, 0.15) is 0 Å². The largest absolute Gasteiger partial charge is 0.355 e. The van der Waals surface area contributed by atoms with Gasteiger partial charge >= 0.3 is 0 Å². The van der Waals surface area contributed by atoms with Crippen LogP contribution >= 0.6 is 0 Å². The summed E-state index contributed by atoms with van der Waals surface area (Å²) in [6.45, 7) is 0. The Balaban J connectivity index is 0.696. The van der Waals surface area contributed by atoms with Crippen LogP contribution < -0.4 is 20.9 Å². The van der Waals surface area contributed by atoms with Gasteiger partial charge in [0, 0.05) is 67.9 Å². The minimum absolute atomic E-state index is 1.03. The molecule has 0 unspecified atom stereocenters. The third kappa shape index (κ3) is 10.8. The van der Waals surface area contributed by atoms with Crippen molar-refractivity contribution in [2.75, 3.05) is 20.9 Å². The fourth-order valence-corrected chi connectivity index (χ4v) is 12.4. The maximum Gasteiger partial charge on any atom is 0.0464 e. The number of para-hydroxylation sites is 3. The molecule has 4 heteroatoms. The third-order valence-corrected chi connectivity index (χ3v) is 16.9. The molecule has 15 aromatic carbocycles. The molecule has 0 saturated heterocycles. The molecule has 15 rings (SSSR count). The lowest BCUT2D eigenvalue weighted by Crippen LogP contribution is -2.09. The van der Waals surface area contributed by atoms with E-state index in [1.807, 2.05) is 0 Å². The zero-order valence-electron chi connectivity index (χ0n) is 48.4. The SMILES string of the molecule is c1ccc(-c2cccc3ccccc23)c(Nc2ccc(-c3ccc(N(c4ccc(-c5ccc(Nc6ccccc6-c6cccc7ccccc67)cc5)cc4)c4ccc(-c5ccc(Nc6ccccc6-c6cccc7ccccc67)cc5)cc4)cc3)cc2)c1. The van der Waals surface area contributed by atoms with E-state index in [0.29, 0.717) is 0 Å². The van der Waals surface area contributed by atoms with Crippen molar-refractivity contribution in [2.24, 2.45) is 0 Å². The number of hydrogen-bond donors (Lipinski definition) is 3. The number of fused-ring (bicyclic) bond motifs is 3. The van der Waals surface area contributed by atoms with E-state index in [1.54, 1.807) is 0 Å². The van der Waals surface area contributed by atoms with Gasteiger partial charge in [0.15, 0.2) is 0 Å². The van der Waals surface area contributed by atoms with Crippen molar-refractivity contribution in [1.29, 1.82) is 0 Å².